The summed E-state index contributed by atoms with van der Waals surface area (Å²) in [6, 6.07) is 13.6. The number of nitrogens with zero attached hydrogens (tertiary/aromatic N) is 3. The number of hydrogen-bond donors (Lipinski definition) is 1. The molecule has 23 heavy (non-hydrogen) atoms. The normalized spacial score (nSPS) is 11.9. The average Bonchev–Trinajstić information content (AvgIpc) is 3.02. The SMILES string of the molecule is Cc1nnc([C@@H](C)Nc2ccc(OCc3ccccc3)nc2)o1. The van der Waals surface area contributed by atoms with Crippen LogP contribution in [0.15, 0.2) is 53.1 Å². The molecule has 2 heterocycles. The third kappa shape index (κ3) is 4.06. The Morgan fingerprint density at radius 1 is 1.13 bits per heavy atom. The minimum absolute atomic E-state index is 0.0888. The van der Waals surface area contributed by atoms with Gasteiger partial charge in [-0.25, -0.2) is 4.98 Å². The van der Waals surface area contributed by atoms with E-state index in [0.29, 0.717) is 24.3 Å². The zero-order valence-electron chi connectivity index (χ0n) is 13.1. The Morgan fingerprint density at radius 2 is 1.96 bits per heavy atom. The average molecular weight is 310 g/mol. The molecule has 0 saturated heterocycles. The van der Waals surface area contributed by atoms with Gasteiger partial charge in [-0.1, -0.05) is 30.3 Å². The lowest BCUT2D eigenvalue weighted by atomic mass is 10.2. The first kappa shape index (κ1) is 15.0. The lowest BCUT2D eigenvalue weighted by molar-refractivity contribution is 0.294. The van der Waals surface area contributed by atoms with E-state index in [1.54, 1.807) is 13.1 Å². The monoisotopic (exact) mass is 310 g/mol. The first-order valence-corrected chi connectivity index (χ1v) is 7.40. The fraction of sp³-hybridized carbons (Fsp3) is 0.235. The van der Waals surface area contributed by atoms with E-state index in [1.807, 2.05) is 49.4 Å². The van der Waals surface area contributed by atoms with Crippen molar-refractivity contribution in [3.63, 3.8) is 0 Å². The molecule has 0 unspecified atom stereocenters. The number of aryl methyl sites for hydroxylation is 1. The topological polar surface area (TPSA) is 73.1 Å². The first-order valence-electron chi connectivity index (χ1n) is 7.40. The Balaban J connectivity index is 1.56. The maximum Gasteiger partial charge on any atom is 0.238 e. The van der Waals surface area contributed by atoms with Gasteiger partial charge in [0.1, 0.15) is 12.6 Å². The quantitative estimate of drug-likeness (QED) is 0.751. The number of ether oxygens (including phenoxy) is 1. The van der Waals surface area contributed by atoms with E-state index in [2.05, 4.69) is 20.5 Å². The molecular weight excluding hydrogens is 292 g/mol. The summed E-state index contributed by atoms with van der Waals surface area (Å²) in [5.41, 5.74) is 1.97. The van der Waals surface area contributed by atoms with Crippen molar-refractivity contribution in [2.24, 2.45) is 0 Å². The summed E-state index contributed by atoms with van der Waals surface area (Å²) in [5.74, 6) is 1.68. The van der Waals surface area contributed by atoms with Crippen molar-refractivity contribution in [1.29, 1.82) is 0 Å². The van der Waals surface area contributed by atoms with Crippen LogP contribution in [0.5, 0.6) is 5.88 Å². The van der Waals surface area contributed by atoms with E-state index in [0.717, 1.165) is 11.3 Å². The molecule has 0 saturated carbocycles. The molecule has 0 spiro atoms. The first-order chi connectivity index (χ1) is 11.2. The maximum absolute atomic E-state index is 5.66. The van der Waals surface area contributed by atoms with Gasteiger partial charge in [0.2, 0.25) is 17.7 Å². The van der Waals surface area contributed by atoms with Crippen molar-refractivity contribution in [2.75, 3.05) is 5.32 Å². The zero-order chi connectivity index (χ0) is 16.1. The number of pyridine rings is 1. The highest BCUT2D eigenvalue weighted by Gasteiger charge is 2.12. The van der Waals surface area contributed by atoms with Crippen LogP contribution < -0.4 is 10.1 Å². The fourth-order valence-electron chi connectivity index (χ4n) is 2.08. The van der Waals surface area contributed by atoms with Crippen LogP contribution in [0, 0.1) is 6.92 Å². The van der Waals surface area contributed by atoms with Crippen molar-refractivity contribution in [2.45, 2.75) is 26.5 Å². The van der Waals surface area contributed by atoms with E-state index in [-0.39, 0.29) is 6.04 Å². The van der Waals surface area contributed by atoms with Crippen molar-refractivity contribution in [3.05, 3.63) is 66.0 Å². The van der Waals surface area contributed by atoms with Gasteiger partial charge in [-0.2, -0.15) is 0 Å². The molecule has 118 valence electrons. The van der Waals surface area contributed by atoms with Gasteiger partial charge in [0, 0.05) is 13.0 Å². The third-order valence-electron chi connectivity index (χ3n) is 3.26. The number of rotatable bonds is 6. The Morgan fingerprint density at radius 3 is 2.61 bits per heavy atom. The van der Waals surface area contributed by atoms with Crippen LogP contribution in [0.3, 0.4) is 0 Å². The minimum atomic E-state index is -0.0888. The summed E-state index contributed by atoms with van der Waals surface area (Å²) in [5, 5.41) is 11.1. The molecule has 0 aliphatic carbocycles. The predicted octanol–water partition coefficient (Wildman–Crippen LogP) is 3.53. The number of anilines is 1. The molecule has 1 N–H and O–H groups in total. The Labute approximate surface area is 134 Å². The molecule has 0 bridgehead atoms. The van der Waals surface area contributed by atoms with E-state index in [9.17, 15) is 0 Å². The molecule has 1 aromatic carbocycles. The van der Waals surface area contributed by atoms with Gasteiger partial charge in [0.25, 0.3) is 0 Å². The molecule has 0 aliphatic heterocycles. The largest absolute Gasteiger partial charge is 0.473 e. The summed E-state index contributed by atoms with van der Waals surface area (Å²) >= 11 is 0. The fourth-order valence-corrected chi connectivity index (χ4v) is 2.08. The van der Waals surface area contributed by atoms with Crippen molar-refractivity contribution < 1.29 is 9.15 Å². The third-order valence-corrected chi connectivity index (χ3v) is 3.26. The molecule has 0 fully saturated rings. The molecule has 2 aromatic heterocycles. The van der Waals surface area contributed by atoms with Gasteiger partial charge in [-0.3, -0.25) is 0 Å². The molecule has 0 aliphatic rings. The molecule has 0 radical (unpaired) electrons. The van der Waals surface area contributed by atoms with Gasteiger partial charge >= 0.3 is 0 Å². The van der Waals surface area contributed by atoms with Gasteiger partial charge in [-0.15, -0.1) is 10.2 Å². The van der Waals surface area contributed by atoms with Gasteiger partial charge in [0.05, 0.1) is 11.9 Å². The second-order valence-electron chi connectivity index (χ2n) is 5.18. The minimum Gasteiger partial charge on any atom is -0.473 e. The predicted molar refractivity (Wildman–Crippen MR) is 86.1 cm³/mol. The van der Waals surface area contributed by atoms with Crippen LogP contribution >= 0.6 is 0 Å². The smallest absolute Gasteiger partial charge is 0.238 e. The Bertz CT molecular complexity index is 741. The van der Waals surface area contributed by atoms with Gasteiger partial charge in [0.15, 0.2) is 0 Å². The second-order valence-corrected chi connectivity index (χ2v) is 5.18. The van der Waals surface area contributed by atoms with Crippen LogP contribution in [0.25, 0.3) is 0 Å². The molecule has 6 nitrogen and oxygen atoms in total. The van der Waals surface area contributed by atoms with Crippen LogP contribution in [-0.2, 0) is 6.61 Å². The number of benzene rings is 1. The summed E-state index contributed by atoms with van der Waals surface area (Å²) in [7, 11) is 0. The summed E-state index contributed by atoms with van der Waals surface area (Å²) in [6.07, 6.45) is 1.72. The van der Waals surface area contributed by atoms with E-state index >= 15 is 0 Å². The second kappa shape index (κ2) is 6.91. The van der Waals surface area contributed by atoms with Crippen LogP contribution in [0.2, 0.25) is 0 Å². The molecule has 0 amide bonds. The highest BCUT2D eigenvalue weighted by molar-refractivity contribution is 5.43. The maximum atomic E-state index is 5.66. The molecular formula is C17H18N4O2. The Kier molecular flexibility index (Phi) is 4.52. The number of hydrogen-bond acceptors (Lipinski definition) is 6. The molecule has 3 rings (SSSR count). The number of aromatic nitrogens is 3. The molecule has 3 aromatic rings. The Hall–Kier alpha value is -2.89. The van der Waals surface area contributed by atoms with Crippen LogP contribution in [0.1, 0.15) is 30.3 Å². The molecule has 6 heteroatoms. The van der Waals surface area contributed by atoms with E-state index in [1.165, 1.54) is 0 Å². The summed E-state index contributed by atoms with van der Waals surface area (Å²) in [4.78, 5) is 4.29. The lowest BCUT2D eigenvalue weighted by Crippen LogP contribution is -2.07. The van der Waals surface area contributed by atoms with Crippen LogP contribution in [0.4, 0.5) is 5.69 Å². The van der Waals surface area contributed by atoms with Gasteiger partial charge in [-0.05, 0) is 18.6 Å². The number of nitrogens with one attached hydrogen (secondary N) is 1. The highest BCUT2D eigenvalue weighted by Crippen LogP contribution is 2.19. The van der Waals surface area contributed by atoms with Crippen molar-refractivity contribution >= 4 is 5.69 Å². The van der Waals surface area contributed by atoms with Crippen molar-refractivity contribution in [1.82, 2.24) is 15.2 Å². The highest BCUT2D eigenvalue weighted by atomic mass is 16.5. The van der Waals surface area contributed by atoms with E-state index < -0.39 is 0 Å². The van der Waals surface area contributed by atoms with Crippen molar-refractivity contribution in [3.8, 4) is 5.88 Å². The molecule has 1 atom stereocenters. The van der Waals surface area contributed by atoms with Crippen LogP contribution in [-0.4, -0.2) is 15.2 Å². The summed E-state index contributed by atoms with van der Waals surface area (Å²) in [6.45, 7) is 4.22. The standard InChI is InChI=1S/C17H18N4O2/c1-12(17-21-20-13(2)23-17)19-15-8-9-16(18-10-15)22-11-14-6-4-3-5-7-14/h3-10,12,19H,11H2,1-2H3/t12-/m1/s1. The summed E-state index contributed by atoms with van der Waals surface area (Å²) < 4.78 is 11.1. The lowest BCUT2D eigenvalue weighted by Gasteiger charge is -2.11. The van der Waals surface area contributed by atoms with Gasteiger partial charge < -0.3 is 14.5 Å². The zero-order valence-corrected chi connectivity index (χ0v) is 13.1. The van der Waals surface area contributed by atoms with E-state index in [4.69, 9.17) is 9.15 Å².